The molecule has 1 aliphatic heterocycles. The molecule has 1 saturated heterocycles. The van der Waals surface area contributed by atoms with Crippen molar-refractivity contribution in [1.82, 2.24) is 10.2 Å². The first kappa shape index (κ1) is 25.0. The van der Waals surface area contributed by atoms with E-state index in [2.05, 4.69) is 15.6 Å². The van der Waals surface area contributed by atoms with E-state index in [-0.39, 0.29) is 42.1 Å². The van der Waals surface area contributed by atoms with Gasteiger partial charge in [-0.3, -0.25) is 9.79 Å². The average Bonchev–Trinajstić information content (AvgIpc) is 2.57. The molecular formula is C18H28ClIN4O3S. The van der Waals surface area contributed by atoms with Crippen LogP contribution in [0.1, 0.15) is 25.8 Å². The van der Waals surface area contributed by atoms with Gasteiger partial charge in [0.2, 0.25) is 5.91 Å². The van der Waals surface area contributed by atoms with Gasteiger partial charge in [0.05, 0.1) is 21.2 Å². The molecule has 1 fully saturated rings. The molecule has 28 heavy (non-hydrogen) atoms. The maximum Gasteiger partial charge on any atom is 0.226 e. The summed E-state index contributed by atoms with van der Waals surface area (Å²) in [6.07, 6.45) is 0.235. The van der Waals surface area contributed by atoms with Crippen LogP contribution in [0.2, 0.25) is 5.02 Å². The zero-order valence-electron chi connectivity index (χ0n) is 16.6. The van der Waals surface area contributed by atoms with Gasteiger partial charge in [-0.15, -0.1) is 24.0 Å². The Balaban J connectivity index is 0.00000392. The fraction of sp³-hybridized carbons (Fsp3) is 0.556. The van der Waals surface area contributed by atoms with E-state index in [9.17, 15) is 13.2 Å². The number of amides is 1. The number of hydrogen-bond donors (Lipinski definition) is 2. The summed E-state index contributed by atoms with van der Waals surface area (Å²) in [5, 5.41) is 6.42. The van der Waals surface area contributed by atoms with Crippen LogP contribution in [0.4, 0.5) is 5.69 Å². The first-order valence-electron chi connectivity index (χ1n) is 8.79. The minimum absolute atomic E-state index is 0. The number of nitrogens with zero attached hydrogens (tertiary/aromatic N) is 2. The summed E-state index contributed by atoms with van der Waals surface area (Å²) < 4.78 is 23.4. The molecular weight excluding hydrogens is 515 g/mol. The van der Waals surface area contributed by atoms with Crippen molar-refractivity contribution in [3.63, 3.8) is 0 Å². The lowest BCUT2D eigenvalue weighted by atomic mass is 10.2. The summed E-state index contributed by atoms with van der Waals surface area (Å²) in [6, 6.07) is 5.45. The van der Waals surface area contributed by atoms with Crippen LogP contribution in [0.5, 0.6) is 0 Å². The standard InChI is InChI=1S/C18H27ClN4O3S.HI/c1-13-5-6-15(14(19)11-13)22-16(24)7-8-21-17(20-4)23-9-10-27(25,26)18(2,3)12-23;/h5-6,11H,7-10,12H2,1-4H3,(H,20,21)(H,22,24);1H. The third-order valence-electron chi connectivity index (χ3n) is 4.59. The summed E-state index contributed by atoms with van der Waals surface area (Å²) in [4.78, 5) is 18.3. The van der Waals surface area contributed by atoms with Gasteiger partial charge in [0.15, 0.2) is 15.8 Å². The van der Waals surface area contributed by atoms with E-state index in [0.29, 0.717) is 36.3 Å². The molecule has 1 amide bonds. The third kappa shape index (κ3) is 6.21. The van der Waals surface area contributed by atoms with Crippen molar-refractivity contribution in [2.24, 2.45) is 4.99 Å². The van der Waals surface area contributed by atoms with Crippen molar-refractivity contribution in [1.29, 1.82) is 0 Å². The highest BCUT2D eigenvalue weighted by Crippen LogP contribution is 2.24. The number of anilines is 1. The molecule has 1 aromatic carbocycles. The summed E-state index contributed by atoms with van der Waals surface area (Å²) >= 11 is 6.13. The molecule has 0 bridgehead atoms. The van der Waals surface area contributed by atoms with Crippen LogP contribution >= 0.6 is 35.6 Å². The van der Waals surface area contributed by atoms with Gasteiger partial charge in [-0.2, -0.15) is 0 Å². The maximum atomic E-state index is 12.1. The van der Waals surface area contributed by atoms with Gasteiger partial charge in [0.25, 0.3) is 0 Å². The summed E-state index contributed by atoms with van der Waals surface area (Å²) in [5.74, 6) is 0.525. The van der Waals surface area contributed by atoms with E-state index in [0.717, 1.165) is 5.56 Å². The number of carbonyl (C=O) groups is 1. The van der Waals surface area contributed by atoms with E-state index in [1.807, 2.05) is 17.9 Å². The van der Waals surface area contributed by atoms with Crippen LogP contribution < -0.4 is 10.6 Å². The largest absolute Gasteiger partial charge is 0.356 e. The molecule has 0 aliphatic carbocycles. The number of rotatable bonds is 4. The van der Waals surface area contributed by atoms with E-state index < -0.39 is 14.6 Å². The van der Waals surface area contributed by atoms with Gasteiger partial charge < -0.3 is 15.5 Å². The molecule has 2 rings (SSSR count). The number of benzene rings is 1. The number of sulfone groups is 1. The molecule has 1 heterocycles. The Bertz CT molecular complexity index is 843. The summed E-state index contributed by atoms with van der Waals surface area (Å²) in [7, 11) is -1.47. The Morgan fingerprint density at radius 3 is 2.61 bits per heavy atom. The van der Waals surface area contributed by atoms with E-state index >= 15 is 0 Å². The third-order valence-corrected chi connectivity index (χ3v) is 7.43. The Morgan fingerprint density at radius 1 is 1.36 bits per heavy atom. The predicted molar refractivity (Wildman–Crippen MR) is 126 cm³/mol. The topological polar surface area (TPSA) is 90.9 Å². The van der Waals surface area contributed by atoms with Crippen molar-refractivity contribution < 1.29 is 13.2 Å². The smallest absolute Gasteiger partial charge is 0.226 e. The number of aliphatic imine (C=N–C) groups is 1. The van der Waals surface area contributed by atoms with E-state index in [1.54, 1.807) is 33.0 Å². The van der Waals surface area contributed by atoms with Crippen LogP contribution in [0.3, 0.4) is 0 Å². The minimum Gasteiger partial charge on any atom is -0.356 e. The van der Waals surface area contributed by atoms with Gasteiger partial charge in [0, 0.05) is 33.1 Å². The molecule has 158 valence electrons. The molecule has 0 aromatic heterocycles. The normalized spacial score (nSPS) is 18.2. The van der Waals surface area contributed by atoms with Gasteiger partial charge in [-0.1, -0.05) is 17.7 Å². The number of hydrogen-bond acceptors (Lipinski definition) is 4. The zero-order valence-corrected chi connectivity index (χ0v) is 20.5. The lowest BCUT2D eigenvalue weighted by Crippen LogP contribution is -2.57. The quantitative estimate of drug-likeness (QED) is 0.347. The van der Waals surface area contributed by atoms with Crippen LogP contribution in [-0.2, 0) is 14.6 Å². The Morgan fingerprint density at radius 2 is 2.04 bits per heavy atom. The second-order valence-corrected chi connectivity index (χ2v) is 10.4. The number of nitrogens with one attached hydrogen (secondary N) is 2. The first-order chi connectivity index (χ1) is 12.6. The zero-order chi connectivity index (χ0) is 20.2. The maximum absolute atomic E-state index is 12.1. The van der Waals surface area contributed by atoms with Gasteiger partial charge >= 0.3 is 0 Å². The van der Waals surface area contributed by atoms with Crippen molar-refractivity contribution in [2.45, 2.75) is 31.9 Å². The fourth-order valence-corrected chi connectivity index (χ4v) is 4.53. The second-order valence-electron chi connectivity index (χ2n) is 7.26. The molecule has 0 unspecified atom stereocenters. The Hall–Kier alpha value is -1.07. The average molecular weight is 543 g/mol. The van der Waals surface area contributed by atoms with Crippen molar-refractivity contribution in [3.05, 3.63) is 28.8 Å². The van der Waals surface area contributed by atoms with Crippen LogP contribution in [0.25, 0.3) is 0 Å². The monoisotopic (exact) mass is 542 g/mol. The van der Waals surface area contributed by atoms with Crippen molar-refractivity contribution in [2.75, 3.05) is 37.8 Å². The lowest BCUT2D eigenvalue weighted by molar-refractivity contribution is -0.116. The number of aryl methyl sites for hydroxylation is 1. The van der Waals surface area contributed by atoms with E-state index in [4.69, 9.17) is 11.6 Å². The highest BCUT2D eigenvalue weighted by Gasteiger charge is 2.40. The van der Waals surface area contributed by atoms with Gasteiger partial charge in [-0.25, -0.2) is 8.42 Å². The van der Waals surface area contributed by atoms with E-state index in [1.165, 1.54) is 0 Å². The SMILES string of the molecule is CN=C(NCCC(=O)Nc1ccc(C)cc1Cl)N1CCS(=O)(=O)C(C)(C)C1.I. The molecule has 0 saturated carbocycles. The molecule has 0 spiro atoms. The van der Waals surface area contributed by atoms with Crippen molar-refractivity contribution in [3.8, 4) is 0 Å². The highest BCUT2D eigenvalue weighted by atomic mass is 127. The Kier molecular flexibility index (Phi) is 9.01. The summed E-state index contributed by atoms with van der Waals surface area (Å²) in [6.45, 7) is 6.50. The number of guanidine groups is 1. The molecule has 7 nitrogen and oxygen atoms in total. The summed E-state index contributed by atoms with van der Waals surface area (Å²) in [5.41, 5.74) is 1.61. The minimum atomic E-state index is -3.11. The number of carbonyl (C=O) groups excluding carboxylic acids is 1. The molecule has 10 heteroatoms. The van der Waals surface area contributed by atoms with Crippen LogP contribution in [-0.4, -0.2) is 62.4 Å². The van der Waals surface area contributed by atoms with Crippen molar-refractivity contribution >= 4 is 63.0 Å². The lowest BCUT2D eigenvalue weighted by Gasteiger charge is -2.39. The molecule has 0 radical (unpaired) electrons. The van der Waals surface area contributed by atoms with Crippen LogP contribution in [0.15, 0.2) is 23.2 Å². The molecule has 1 aliphatic rings. The van der Waals surface area contributed by atoms with Crippen LogP contribution in [0, 0.1) is 6.92 Å². The molecule has 1 aromatic rings. The fourth-order valence-electron chi connectivity index (χ4n) is 2.88. The van der Waals surface area contributed by atoms with Gasteiger partial charge in [0.1, 0.15) is 0 Å². The molecule has 2 N–H and O–H groups in total. The second kappa shape index (κ2) is 10.1. The highest BCUT2D eigenvalue weighted by molar-refractivity contribution is 14.0. The van der Waals surface area contributed by atoms with Gasteiger partial charge in [-0.05, 0) is 38.5 Å². The first-order valence-corrected chi connectivity index (χ1v) is 10.8. The Labute approximate surface area is 189 Å². The number of halogens is 2. The predicted octanol–water partition coefficient (Wildman–Crippen LogP) is 2.68. The molecule has 0 atom stereocenters.